The number of nitrogens with one attached hydrogen (secondary N) is 1. The summed E-state index contributed by atoms with van der Waals surface area (Å²) in [6.45, 7) is 1.30. The number of methoxy groups -OCH3 is 2. The molecule has 1 atom stereocenters. The van der Waals surface area contributed by atoms with Gasteiger partial charge >= 0.3 is 0 Å². The summed E-state index contributed by atoms with van der Waals surface area (Å²) in [6, 6.07) is 14.6. The third-order valence-electron chi connectivity index (χ3n) is 5.82. The van der Waals surface area contributed by atoms with E-state index in [0.29, 0.717) is 21.7 Å². The van der Waals surface area contributed by atoms with Crippen LogP contribution in [-0.4, -0.2) is 41.9 Å². The summed E-state index contributed by atoms with van der Waals surface area (Å²) >= 11 is 6.03. The number of hydrogen-bond donors (Lipinski definition) is 3. The lowest BCUT2D eigenvalue weighted by Crippen LogP contribution is -2.39. The molecular formula is C30H28ClNO7. The number of aromatic hydroxyl groups is 2. The average molecular weight is 550 g/mol. The van der Waals surface area contributed by atoms with Crippen LogP contribution in [0.3, 0.4) is 0 Å². The molecule has 202 valence electrons. The number of ketones is 2. The molecule has 0 radical (unpaired) electrons. The lowest BCUT2D eigenvalue weighted by Gasteiger charge is -2.25. The highest BCUT2D eigenvalue weighted by Gasteiger charge is 2.34. The van der Waals surface area contributed by atoms with Crippen molar-refractivity contribution in [3.05, 3.63) is 94.5 Å². The molecule has 0 aliphatic carbocycles. The van der Waals surface area contributed by atoms with Crippen LogP contribution in [0.5, 0.6) is 23.0 Å². The molecular weight excluding hydrogens is 522 g/mol. The molecule has 9 heteroatoms. The Kier molecular flexibility index (Phi) is 9.89. The largest absolute Gasteiger partial charge is 0.504 e. The molecule has 1 unspecified atom stereocenters. The number of carbonyl (C=O) groups excluding carboxylic acids is 3. The number of amides is 1. The van der Waals surface area contributed by atoms with Crippen LogP contribution in [0.1, 0.15) is 29.7 Å². The molecule has 0 aromatic heterocycles. The monoisotopic (exact) mass is 549 g/mol. The van der Waals surface area contributed by atoms with Crippen molar-refractivity contribution < 1.29 is 34.1 Å². The van der Waals surface area contributed by atoms with Gasteiger partial charge in [-0.05, 0) is 65.2 Å². The number of benzene rings is 3. The van der Waals surface area contributed by atoms with Crippen molar-refractivity contribution in [1.29, 1.82) is 0 Å². The quantitative estimate of drug-likeness (QED) is 0.224. The summed E-state index contributed by atoms with van der Waals surface area (Å²) in [4.78, 5) is 39.2. The van der Waals surface area contributed by atoms with E-state index < -0.39 is 29.4 Å². The number of phenols is 2. The SMILES string of the molecule is COc1cc(/C=C/C(=O)C(C(=O)/C=C/c2ccc(O)c(OC)c2)C(NC(C)=O)c2ccc(Cl)cc2)ccc1O. The maximum absolute atomic E-state index is 13.5. The molecule has 1 amide bonds. The first-order chi connectivity index (χ1) is 18.6. The third kappa shape index (κ3) is 7.72. The van der Waals surface area contributed by atoms with Gasteiger partial charge in [-0.15, -0.1) is 0 Å². The van der Waals surface area contributed by atoms with E-state index in [1.165, 1.54) is 57.6 Å². The van der Waals surface area contributed by atoms with E-state index in [-0.39, 0.29) is 23.0 Å². The van der Waals surface area contributed by atoms with Crippen molar-refractivity contribution in [2.45, 2.75) is 13.0 Å². The van der Waals surface area contributed by atoms with Gasteiger partial charge in [0, 0.05) is 11.9 Å². The molecule has 3 aromatic rings. The smallest absolute Gasteiger partial charge is 0.217 e. The van der Waals surface area contributed by atoms with Gasteiger partial charge in [0.2, 0.25) is 5.91 Å². The molecule has 0 bridgehead atoms. The van der Waals surface area contributed by atoms with Crippen molar-refractivity contribution >= 4 is 41.2 Å². The van der Waals surface area contributed by atoms with E-state index in [1.807, 2.05) is 0 Å². The summed E-state index contributed by atoms with van der Waals surface area (Å²) in [5.74, 6) is -2.54. The van der Waals surface area contributed by atoms with Crippen LogP contribution in [0.2, 0.25) is 5.02 Å². The fourth-order valence-electron chi connectivity index (χ4n) is 3.88. The van der Waals surface area contributed by atoms with Gasteiger partial charge in [-0.3, -0.25) is 14.4 Å². The summed E-state index contributed by atoms with van der Waals surface area (Å²) in [7, 11) is 2.81. The first-order valence-corrected chi connectivity index (χ1v) is 12.2. The van der Waals surface area contributed by atoms with E-state index in [9.17, 15) is 24.6 Å². The van der Waals surface area contributed by atoms with Gasteiger partial charge in [0.1, 0.15) is 5.92 Å². The van der Waals surface area contributed by atoms with Crippen molar-refractivity contribution in [3.8, 4) is 23.0 Å². The number of halogens is 1. The molecule has 39 heavy (non-hydrogen) atoms. The highest BCUT2D eigenvalue weighted by molar-refractivity contribution is 6.30. The number of carbonyl (C=O) groups is 3. The van der Waals surface area contributed by atoms with Gasteiger partial charge in [0.25, 0.3) is 0 Å². The van der Waals surface area contributed by atoms with Crippen LogP contribution in [0, 0.1) is 5.92 Å². The zero-order valence-electron chi connectivity index (χ0n) is 21.6. The second-order valence-electron chi connectivity index (χ2n) is 8.54. The lowest BCUT2D eigenvalue weighted by molar-refractivity contribution is -0.129. The Labute approximate surface area is 231 Å². The molecule has 3 N–H and O–H groups in total. The normalized spacial score (nSPS) is 12.0. The predicted octanol–water partition coefficient (Wildman–Crippen LogP) is 5.13. The molecule has 0 aliphatic rings. The molecule has 0 saturated heterocycles. The topological polar surface area (TPSA) is 122 Å². The third-order valence-corrected chi connectivity index (χ3v) is 6.07. The summed E-state index contributed by atoms with van der Waals surface area (Å²) in [5, 5.41) is 22.9. The average Bonchev–Trinajstić information content (AvgIpc) is 2.92. The molecule has 0 heterocycles. The maximum atomic E-state index is 13.5. The van der Waals surface area contributed by atoms with Crippen LogP contribution in [0.4, 0.5) is 0 Å². The molecule has 3 aromatic carbocycles. The molecule has 8 nitrogen and oxygen atoms in total. The van der Waals surface area contributed by atoms with E-state index in [4.69, 9.17) is 21.1 Å². The van der Waals surface area contributed by atoms with Gasteiger partial charge in [0.15, 0.2) is 34.6 Å². The molecule has 0 saturated carbocycles. The van der Waals surface area contributed by atoms with Crippen LogP contribution in [0.25, 0.3) is 12.2 Å². The number of phenolic OH excluding ortho intramolecular Hbond substituents is 2. The summed E-state index contributed by atoms with van der Waals surface area (Å²) in [5.41, 5.74) is 1.62. The van der Waals surface area contributed by atoms with Crippen LogP contribution in [-0.2, 0) is 14.4 Å². The molecule has 0 fully saturated rings. The Morgan fingerprint density at radius 2 is 1.26 bits per heavy atom. The van der Waals surface area contributed by atoms with E-state index in [0.717, 1.165) is 0 Å². The maximum Gasteiger partial charge on any atom is 0.217 e. The van der Waals surface area contributed by atoms with Gasteiger partial charge < -0.3 is 25.0 Å². The minimum Gasteiger partial charge on any atom is -0.504 e. The standard InChI is InChI=1S/C30H28ClNO7/c1-18(33)32-30(21-8-10-22(31)11-9-21)29(25(36)14-6-19-4-12-23(34)27(16-19)38-2)26(37)15-7-20-5-13-24(35)28(17-20)39-3/h4-17,29-30,34-35H,1-3H3,(H,32,33)/b14-6+,15-7+. The van der Waals surface area contributed by atoms with Crippen molar-refractivity contribution in [2.75, 3.05) is 14.2 Å². The Morgan fingerprint density at radius 3 is 1.67 bits per heavy atom. The Balaban J connectivity index is 2.02. The molecule has 0 spiro atoms. The van der Waals surface area contributed by atoms with Crippen LogP contribution >= 0.6 is 11.6 Å². The van der Waals surface area contributed by atoms with E-state index in [2.05, 4.69) is 5.32 Å². The molecule has 0 aliphatic heterocycles. The minimum atomic E-state index is -1.32. The lowest BCUT2D eigenvalue weighted by atomic mass is 9.85. The van der Waals surface area contributed by atoms with Crippen LogP contribution < -0.4 is 14.8 Å². The number of rotatable bonds is 11. The van der Waals surface area contributed by atoms with Crippen molar-refractivity contribution in [1.82, 2.24) is 5.32 Å². The second kappa shape index (κ2) is 13.3. The minimum absolute atomic E-state index is 0.0570. The first kappa shape index (κ1) is 29.0. The number of ether oxygens (including phenoxy) is 2. The fourth-order valence-corrected chi connectivity index (χ4v) is 4.00. The Hall–Kier alpha value is -4.56. The van der Waals surface area contributed by atoms with E-state index >= 15 is 0 Å². The highest BCUT2D eigenvalue weighted by Crippen LogP contribution is 2.30. The van der Waals surface area contributed by atoms with Gasteiger partial charge in [-0.2, -0.15) is 0 Å². The number of hydrogen-bond acceptors (Lipinski definition) is 7. The fraction of sp³-hybridized carbons (Fsp3) is 0.167. The predicted molar refractivity (Wildman–Crippen MR) is 149 cm³/mol. The van der Waals surface area contributed by atoms with Gasteiger partial charge in [0.05, 0.1) is 20.3 Å². The van der Waals surface area contributed by atoms with Gasteiger partial charge in [-0.25, -0.2) is 0 Å². The Bertz CT molecular complexity index is 1340. The zero-order chi connectivity index (χ0) is 28.5. The van der Waals surface area contributed by atoms with E-state index in [1.54, 1.807) is 48.5 Å². The summed E-state index contributed by atoms with van der Waals surface area (Å²) < 4.78 is 10.2. The van der Waals surface area contributed by atoms with Crippen LogP contribution in [0.15, 0.2) is 72.8 Å². The first-order valence-electron chi connectivity index (χ1n) is 11.8. The number of allylic oxidation sites excluding steroid dienone is 2. The molecule has 3 rings (SSSR count). The van der Waals surface area contributed by atoms with Crippen molar-refractivity contribution in [2.24, 2.45) is 5.92 Å². The van der Waals surface area contributed by atoms with Crippen molar-refractivity contribution in [3.63, 3.8) is 0 Å². The summed E-state index contributed by atoms with van der Waals surface area (Å²) in [6.07, 6.45) is 5.48. The second-order valence-corrected chi connectivity index (χ2v) is 8.98. The zero-order valence-corrected chi connectivity index (χ0v) is 22.3. The van der Waals surface area contributed by atoms with Gasteiger partial charge in [-0.1, -0.05) is 48.0 Å². The Morgan fingerprint density at radius 1 is 0.795 bits per heavy atom. The highest BCUT2D eigenvalue weighted by atomic mass is 35.5.